The molecule has 1 unspecified atom stereocenters. The molecule has 4 nitrogen and oxygen atoms in total. The molecule has 0 aliphatic heterocycles. The van der Waals surface area contributed by atoms with Gasteiger partial charge in [-0.3, -0.25) is 0 Å². The van der Waals surface area contributed by atoms with Crippen LogP contribution >= 0.6 is 0 Å². The molecular weight excluding hydrogens is 424 g/mol. The first-order valence-corrected chi connectivity index (χ1v) is 13.3. The Hall–Kier alpha value is -2.20. The number of aliphatic hydroxyl groups is 1. The quantitative estimate of drug-likeness (QED) is 0.215. The van der Waals surface area contributed by atoms with Crippen LogP contribution in [0.5, 0.6) is 17.2 Å². The molecular formula is C30H46O4. The molecule has 0 saturated carbocycles. The van der Waals surface area contributed by atoms with E-state index in [1.165, 1.54) is 68.9 Å². The van der Waals surface area contributed by atoms with Gasteiger partial charge in [0.15, 0.2) is 0 Å². The smallest absolute Gasteiger partial charge is 0.122 e. The number of rotatable bonds is 19. The number of aryl methyl sites for hydroxylation is 2. The van der Waals surface area contributed by atoms with Crippen LogP contribution in [0.25, 0.3) is 0 Å². The van der Waals surface area contributed by atoms with Gasteiger partial charge in [0.25, 0.3) is 0 Å². The summed E-state index contributed by atoms with van der Waals surface area (Å²) in [6.45, 7) is 2.63. The minimum absolute atomic E-state index is 0.361. The Kier molecular flexibility index (Phi) is 14.2. The summed E-state index contributed by atoms with van der Waals surface area (Å²) in [5.41, 5.74) is 2.44. The van der Waals surface area contributed by atoms with Gasteiger partial charge in [-0.15, -0.1) is 0 Å². The first-order valence-electron chi connectivity index (χ1n) is 13.3. The second kappa shape index (κ2) is 17.3. The van der Waals surface area contributed by atoms with E-state index in [0.29, 0.717) is 6.61 Å². The molecule has 0 radical (unpaired) electrons. The van der Waals surface area contributed by atoms with Crippen molar-refractivity contribution in [3.8, 4) is 17.2 Å². The Bertz CT molecular complexity index is 750. The fraction of sp³-hybridized carbons (Fsp3) is 0.600. The third kappa shape index (κ3) is 11.8. The van der Waals surface area contributed by atoms with Crippen LogP contribution in [0.1, 0.15) is 88.7 Å². The molecule has 0 aliphatic rings. The minimum atomic E-state index is -0.392. The first-order chi connectivity index (χ1) is 16.6. The summed E-state index contributed by atoms with van der Waals surface area (Å²) in [7, 11) is 3.34. The number of methoxy groups -OCH3 is 2. The molecule has 2 aromatic carbocycles. The molecule has 2 aromatic rings. The monoisotopic (exact) mass is 470 g/mol. The molecule has 0 spiro atoms. The number of unbranched alkanes of at least 4 members (excludes halogenated alkanes) is 9. The van der Waals surface area contributed by atoms with Gasteiger partial charge in [-0.05, 0) is 54.7 Å². The molecule has 0 bridgehead atoms. The highest BCUT2D eigenvalue weighted by molar-refractivity contribution is 5.39. The van der Waals surface area contributed by atoms with Crippen molar-refractivity contribution in [1.82, 2.24) is 0 Å². The average molecular weight is 471 g/mol. The molecule has 1 atom stereocenters. The third-order valence-corrected chi connectivity index (χ3v) is 6.37. The molecule has 0 aliphatic carbocycles. The van der Waals surface area contributed by atoms with E-state index in [2.05, 4.69) is 31.2 Å². The van der Waals surface area contributed by atoms with E-state index in [1.807, 2.05) is 18.2 Å². The Morgan fingerprint density at radius 3 is 1.74 bits per heavy atom. The maximum Gasteiger partial charge on any atom is 0.122 e. The van der Waals surface area contributed by atoms with Gasteiger partial charge in [-0.25, -0.2) is 0 Å². The van der Waals surface area contributed by atoms with Crippen molar-refractivity contribution in [3.05, 3.63) is 53.6 Å². The van der Waals surface area contributed by atoms with E-state index in [4.69, 9.17) is 14.2 Å². The predicted octanol–water partition coefficient (Wildman–Crippen LogP) is 7.54. The zero-order valence-corrected chi connectivity index (χ0v) is 21.7. The van der Waals surface area contributed by atoms with Gasteiger partial charge in [0, 0.05) is 6.07 Å². The van der Waals surface area contributed by atoms with Crippen LogP contribution in [-0.4, -0.2) is 32.0 Å². The zero-order valence-electron chi connectivity index (χ0n) is 21.7. The Morgan fingerprint density at radius 2 is 1.18 bits per heavy atom. The number of hydrogen-bond donors (Lipinski definition) is 1. The van der Waals surface area contributed by atoms with Gasteiger partial charge in [0.2, 0.25) is 0 Å². The van der Waals surface area contributed by atoms with Gasteiger partial charge >= 0.3 is 0 Å². The lowest BCUT2D eigenvalue weighted by molar-refractivity contribution is 0.0974. The van der Waals surface area contributed by atoms with Crippen molar-refractivity contribution in [2.75, 3.05) is 20.8 Å². The largest absolute Gasteiger partial charge is 0.497 e. The van der Waals surface area contributed by atoms with Gasteiger partial charge in [-0.2, -0.15) is 0 Å². The third-order valence-electron chi connectivity index (χ3n) is 6.37. The Balaban J connectivity index is 1.58. The van der Waals surface area contributed by atoms with Crippen molar-refractivity contribution in [2.24, 2.45) is 0 Å². The number of aliphatic hydroxyl groups excluding tert-OH is 1. The summed E-state index contributed by atoms with van der Waals surface area (Å²) in [6.07, 6.45) is 15.4. The minimum Gasteiger partial charge on any atom is -0.497 e. The SMILES string of the molecule is CCCCCCCCCCCCC(O)COc1ccc(CCc2cc(OC)cc(OC)c2)cc1. The van der Waals surface area contributed by atoms with Crippen LogP contribution in [-0.2, 0) is 12.8 Å². The Labute approximate surface area is 207 Å². The van der Waals surface area contributed by atoms with Crippen LogP contribution in [0.4, 0.5) is 0 Å². The molecule has 2 rings (SSSR count). The maximum absolute atomic E-state index is 10.2. The lowest BCUT2D eigenvalue weighted by Gasteiger charge is -2.13. The fourth-order valence-corrected chi connectivity index (χ4v) is 4.19. The van der Waals surface area contributed by atoms with E-state index in [0.717, 1.165) is 42.9 Å². The summed E-state index contributed by atoms with van der Waals surface area (Å²) in [5, 5.41) is 10.2. The van der Waals surface area contributed by atoms with E-state index < -0.39 is 6.10 Å². The molecule has 0 fully saturated rings. The summed E-state index contributed by atoms with van der Waals surface area (Å²) in [6, 6.07) is 14.2. The lowest BCUT2D eigenvalue weighted by Crippen LogP contribution is -2.17. The first kappa shape index (κ1) is 28.0. The van der Waals surface area contributed by atoms with Crippen molar-refractivity contribution < 1.29 is 19.3 Å². The summed E-state index contributed by atoms with van der Waals surface area (Å²) < 4.78 is 16.5. The molecule has 190 valence electrons. The molecule has 0 aromatic heterocycles. The van der Waals surface area contributed by atoms with Crippen LogP contribution in [0.15, 0.2) is 42.5 Å². The molecule has 1 N–H and O–H groups in total. The van der Waals surface area contributed by atoms with E-state index in [-0.39, 0.29) is 0 Å². The summed E-state index contributed by atoms with van der Waals surface area (Å²) >= 11 is 0. The van der Waals surface area contributed by atoms with E-state index >= 15 is 0 Å². The molecule has 34 heavy (non-hydrogen) atoms. The zero-order chi connectivity index (χ0) is 24.4. The summed E-state index contributed by atoms with van der Waals surface area (Å²) in [5.74, 6) is 2.44. The lowest BCUT2D eigenvalue weighted by atomic mass is 10.0. The number of ether oxygens (including phenoxy) is 3. The predicted molar refractivity (Wildman–Crippen MR) is 141 cm³/mol. The standard InChI is InChI=1S/C30H46O4/c1-4-5-6-7-8-9-10-11-12-13-14-27(31)24-34-28-19-17-25(18-20-28)15-16-26-21-29(32-2)23-30(22-26)33-3/h17-23,27,31H,4-16,24H2,1-3H3. The van der Waals surface area contributed by atoms with Crippen LogP contribution < -0.4 is 14.2 Å². The van der Waals surface area contributed by atoms with Crippen molar-refractivity contribution >= 4 is 0 Å². The molecule has 0 amide bonds. The highest BCUT2D eigenvalue weighted by atomic mass is 16.5. The van der Waals surface area contributed by atoms with Crippen molar-refractivity contribution in [1.29, 1.82) is 0 Å². The number of benzene rings is 2. The van der Waals surface area contributed by atoms with Crippen molar-refractivity contribution in [3.63, 3.8) is 0 Å². The van der Waals surface area contributed by atoms with Gasteiger partial charge < -0.3 is 19.3 Å². The molecule has 4 heteroatoms. The summed E-state index contributed by atoms with van der Waals surface area (Å²) in [4.78, 5) is 0. The second-order valence-electron chi connectivity index (χ2n) is 9.30. The van der Waals surface area contributed by atoms with Crippen LogP contribution in [0, 0.1) is 0 Å². The van der Waals surface area contributed by atoms with E-state index in [1.54, 1.807) is 14.2 Å². The van der Waals surface area contributed by atoms with E-state index in [9.17, 15) is 5.11 Å². The van der Waals surface area contributed by atoms with Crippen molar-refractivity contribution in [2.45, 2.75) is 96.5 Å². The maximum atomic E-state index is 10.2. The molecule has 0 saturated heterocycles. The van der Waals surface area contributed by atoms with Crippen LogP contribution in [0.2, 0.25) is 0 Å². The molecule has 0 heterocycles. The van der Waals surface area contributed by atoms with Gasteiger partial charge in [-0.1, -0.05) is 83.3 Å². The highest BCUT2D eigenvalue weighted by Gasteiger charge is 2.06. The topological polar surface area (TPSA) is 47.9 Å². The highest BCUT2D eigenvalue weighted by Crippen LogP contribution is 2.24. The van der Waals surface area contributed by atoms with Gasteiger partial charge in [0.1, 0.15) is 23.9 Å². The second-order valence-corrected chi connectivity index (χ2v) is 9.30. The number of hydrogen-bond acceptors (Lipinski definition) is 4. The van der Waals surface area contributed by atoms with Gasteiger partial charge in [0.05, 0.1) is 20.3 Å². The normalized spacial score (nSPS) is 11.9. The Morgan fingerprint density at radius 1 is 0.647 bits per heavy atom. The average Bonchev–Trinajstić information content (AvgIpc) is 2.87. The van der Waals surface area contributed by atoms with Crippen LogP contribution in [0.3, 0.4) is 0 Å². The fourth-order valence-electron chi connectivity index (χ4n) is 4.19.